The Bertz CT molecular complexity index is 285. The lowest BCUT2D eigenvalue weighted by Gasteiger charge is -2.23. The Hall–Kier alpha value is -0.760. The van der Waals surface area contributed by atoms with Crippen molar-refractivity contribution in [3.63, 3.8) is 0 Å². The van der Waals surface area contributed by atoms with Crippen LogP contribution in [0.5, 0.6) is 0 Å². The molecule has 76 valence electrons. The summed E-state index contributed by atoms with van der Waals surface area (Å²) in [5.41, 5.74) is 3.20. The Labute approximate surface area is 85.7 Å². The van der Waals surface area contributed by atoms with Crippen molar-refractivity contribution in [2.45, 2.75) is 31.7 Å². The van der Waals surface area contributed by atoms with Gasteiger partial charge in [-0.25, -0.2) is 0 Å². The average molecular weight is 190 g/mol. The summed E-state index contributed by atoms with van der Waals surface area (Å²) in [6.45, 7) is 3.50. The second kappa shape index (κ2) is 3.43. The maximum Gasteiger partial charge on any atom is 0.0373 e. The van der Waals surface area contributed by atoms with Crippen molar-refractivity contribution in [1.82, 2.24) is 10.2 Å². The molecule has 14 heavy (non-hydrogen) atoms. The molecule has 0 aromatic carbocycles. The van der Waals surface area contributed by atoms with Gasteiger partial charge in [0.15, 0.2) is 0 Å². The number of rotatable bonds is 1. The lowest BCUT2D eigenvalue weighted by Crippen LogP contribution is -2.32. The number of hydrogen-bond acceptors (Lipinski definition) is 2. The lowest BCUT2D eigenvalue weighted by molar-refractivity contribution is 0.251. The second-order valence-corrected chi connectivity index (χ2v) is 4.69. The molecule has 0 atom stereocenters. The maximum atomic E-state index is 3.30. The van der Waals surface area contributed by atoms with Crippen molar-refractivity contribution in [2.24, 2.45) is 0 Å². The average Bonchev–Trinajstić information content (AvgIpc) is 2.86. The van der Waals surface area contributed by atoms with E-state index in [1.54, 1.807) is 11.1 Å². The Morgan fingerprint density at radius 3 is 2.86 bits per heavy atom. The van der Waals surface area contributed by atoms with Gasteiger partial charge in [0.25, 0.3) is 0 Å². The van der Waals surface area contributed by atoms with E-state index in [0.29, 0.717) is 0 Å². The highest BCUT2D eigenvalue weighted by Crippen LogP contribution is 2.29. The lowest BCUT2D eigenvalue weighted by atomic mass is 10.1. The third kappa shape index (κ3) is 1.38. The van der Waals surface area contributed by atoms with Crippen molar-refractivity contribution in [1.29, 1.82) is 0 Å². The van der Waals surface area contributed by atoms with Crippen molar-refractivity contribution >= 4 is 0 Å². The normalized spacial score (nSPS) is 28.3. The highest BCUT2D eigenvalue weighted by molar-refractivity contribution is 5.36. The Kier molecular flexibility index (Phi) is 2.09. The minimum atomic E-state index is 0.883. The molecule has 2 heterocycles. The quantitative estimate of drug-likeness (QED) is 0.676. The van der Waals surface area contributed by atoms with E-state index in [0.717, 1.165) is 12.6 Å². The zero-order valence-corrected chi connectivity index (χ0v) is 8.63. The number of nitrogens with one attached hydrogen (secondary N) is 1. The standard InChI is InChI=1S/C12H18N2/c1-2-4-12(3-1)14-8-10-5-6-13-7-11(10)9-14/h5-6,12-13H,1-4,7-9H2. The second-order valence-electron chi connectivity index (χ2n) is 4.69. The first kappa shape index (κ1) is 8.54. The van der Waals surface area contributed by atoms with Crippen molar-refractivity contribution in [3.8, 4) is 0 Å². The molecule has 0 bridgehead atoms. The molecule has 2 aliphatic heterocycles. The van der Waals surface area contributed by atoms with Gasteiger partial charge >= 0.3 is 0 Å². The van der Waals surface area contributed by atoms with Crippen LogP contribution in [0.25, 0.3) is 0 Å². The van der Waals surface area contributed by atoms with Gasteiger partial charge in [-0.1, -0.05) is 12.8 Å². The Morgan fingerprint density at radius 1 is 1.21 bits per heavy atom. The SMILES string of the molecule is C1=CC2=C(CN1)CN(C1CCCC1)C2. The first-order chi connectivity index (χ1) is 6.93. The summed E-state index contributed by atoms with van der Waals surface area (Å²) in [5.74, 6) is 0. The molecule has 1 aliphatic carbocycles. The van der Waals surface area contributed by atoms with Crippen LogP contribution in [0.2, 0.25) is 0 Å². The summed E-state index contributed by atoms with van der Waals surface area (Å²) in [4.78, 5) is 2.68. The molecule has 1 N–H and O–H groups in total. The summed E-state index contributed by atoms with van der Waals surface area (Å²) in [6.07, 6.45) is 10.1. The van der Waals surface area contributed by atoms with E-state index in [9.17, 15) is 0 Å². The largest absolute Gasteiger partial charge is 0.387 e. The van der Waals surface area contributed by atoms with Crippen LogP contribution >= 0.6 is 0 Å². The van der Waals surface area contributed by atoms with Crippen LogP contribution < -0.4 is 5.32 Å². The number of hydrogen-bond donors (Lipinski definition) is 1. The van der Waals surface area contributed by atoms with Crippen LogP contribution in [-0.2, 0) is 0 Å². The summed E-state index contributed by atoms with van der Waals surface area (Å²) in [6, 6.07) is 0.883. The van der Waals surface area contributed by atoms with E-state index >= 15 is 0 Å². The van der Waals surface area contributed by atoms with Crippen LogP contribution in [0.3, 0.4) is 0 Å². The van der Waals surface area contributed by atoms with E-state index in [1.807, 2.05) is 0 Å². The van der Waals surface area contributed by atoms with Gasteiger partial charge in [-0.05, 0) is 36.3 Å². The molecule has 3 aliphatic rings. The molecule has 2 nitrogen and oxygen atoms in total. The minimum absolute atomic E-state index is 0.883. The van der Waals surface area contributed by atoms with Crippen molar-refractivity contribution < 1.29 is 0 Å². The van der Waals surface area contributed by atoms with Crippen LogP contribution in [0.1, 0.15) is 25.7 Å². The van der Waals surface area contributed by atoms with E-state index in [-0.39, 0.29) is 0 Å². The molecule has 1 fully saturated rings. The van der Waals surface area contributed by atoms with Crippen molar-refractivity contribution in [2.75, 3.05) is 19.6 Å². The van der Waals surface area contributed by atoms with Crippen molar-refractivity contribution in [3.05, 3.63) is 23.4 Å². The maximum absolute atomic E-state index is 3.30. The number of dihydropyridines is 1. The first-order valence-electron chi connectivity index (χ1n) is 5.78. The molecule has 0 amide bonds. The van der Waals surface area contributed by atoms with E-state index in [4.69, 9.17) is 0 Å². The van der Waals surface area contributed by atoms with Crippen LogP contribution in [-0.4, -0.2) is 30.6 Å². The molecular formula is C12H18N2. The molecule has 0 aromatic rings. The zero-order chi connectivity index (χ0) is 9.38. The molecule has 0 unspecified atom stereocenters. The first-order valence-corrected chi connectivity index (χ1v) is 5.78. The molecule has 3 rings (SSSR count). The fraction of sp³-hybridized carbons (Fsp3) is 0.667. The third-order valence-electron chi connectivity index (χ3n) is 3.78. The Morgan fingerprint density at radius 2 is 2.07 bits per heavy atom. The fourth-order valence-electron chi connectivity index (χ4n) is 2.94. The molecule has 1 saturated carbocycles. The van der Waals surface area contributed by atoms with Gasteiger partial charge in [0.05, 0.1) is 0 Å². The number of nitrogens with zero attached hydrogens (tertiary/aromatic N) is 1. The highest BCUT2D eigenvalue weighted by atomic mass is 15.2. The van der Waals surface area contributed by atoms with E-state index in [1.165, 1.54) is 38.8 Å². The fourth-order valence-corrected chi connectivity index (χ4v) is 2.94. The molecule has 0 aromatic heterocycles. The predicted molar refractivity (Wildman–Crippen MR) is 58.0 cm³/mol. The van der Waals surface area contributed by atoms with E-state index < -0.39 is 0 Å². The molecular weight excluding hydrogens is 172 g/mol. The van der Waals surface area contributed by atoms with Gasteiger partial charge in [0.1, 0.15) is 0 Å². The van der Waals surface area contributed by atoms with Gasteiger partial charge in [-0.3, -0.25) is 4.90 Å². The smallest absolute Gasteiger partial charge is 0.0373 e. The molecule has 0 spiro atoms. The van der Waals surface area contributed by atoms with Gasteiger partial charge < -0.3 is 5.32 Å². The molecule has 0 radical (unpaired) electrons. The zero-order valence-electron chi connectivity index (χ0n) is 8.63. The third-order valence-corrected chi connectivity index (χ3v) is 3.78. The van der Waals surface area contributed by atoms with E-state index in [2.05, 4.69) is 22.5 Å². The molecule has 0 saturated heterocycles. The summed E-state index contributed by atoms with van der Waals surface area (Å²) < 4.78 is 0. The van der Waals surface area contributed by atoms with Crippen LogP contribution in [0, 0.1) is 0 Å². The van der Waals surface area contributed by atoms with Crippen LogP contribution in [0.4, 0.5) is 0 Å². The van der Waals surface area contributed by atoms with Gasteiger partial charge in [-0.2, -0.15) is 0 Å². The van der Waals surface area contributed by atoms with Crippen LogP contribution in [0.15, 0.2) is 23.4 Å². The monoisotopic (exact) mass is 190 g/mol. The van der Waals surface area contributed by atoms with Gasteiger partial charge in [0, 0.05) is 25.7 Å². The van der Waals surface area contributed by atoms with Gasteiger partial charge in [0.2, 0.25) is 0 Å². The summed E-state index contributed by atoms with van der Waals surface area (Å²) in [7, 11) is 0. The summed E-state index contributed by atoms with van der Waals surface area (Å²) in [5, 5.41) is 3.30. The summed E-state index contributed by atoms with van der Waals surface area (Å²) >= 11 is 0. The predicted octanol–water partition coefficient (Wildman–Crippen LogP) is 1.66. The minimum Gasteiger partial charge on any atom is -0.387 e. The highest BCUT2D eigenvalue weighted by Gasteiger charge is 2.29. The van der Waals surface area contributed by atoms with Gasteiger partial charge in [-0.15, -0.1) is 0 Å². The Balaban J connectivity index is 1.69. The molecule has 2 heteroatoms. The topological polar surface area (TPSA) is 15.3 Å².